The van der Waals surface area contributed by atoms with Gasteiger partial charge in [0, 0.05) is 36.2 Å². The summed E-state index contributed by atoms with van der Waals surface area (Å²) in [5.74, 6) is 0.403. The normalized spacial score (nSPS) is 12.3. The summed E-state index contributed by atoms with van der Waals surface area (Å²) in [4.78, 5) is 16.6. The third-order valence-corrected chi connectivity index (χ3v) is 4.69. The van der Waals surface area contributed by atoms with Gasteiger partial charge in [0.2, 0.25) is 5.91 Å². The highest BCUT2D eigenvalue weighted by Crippen LogP contribution is 2.19. The number of anilines is 1. The van der Waals surface area contributed by atoms with Crippen molar-refractivity contribution in [2.24, 2.45) is 4.99 Å². The molecule has 1 atom stereocenters. The number of halogens is 1. The molecule has 0 aliphatic carbocycles. The average molecular weight is 441 g/mol. The Bertz CT molecular complexity index is 988. The van der Waals surface area contributed by atoms with Gasteiger partial charge in [-0.1, -0.05) is 23.7 Å². The molecule has 3 rings (SSSR count). The van der Waals surface area contributed by atoms with E-state index >= 15 is 0 Å². The molecule has 1 unspecified atom stereocenters. The topological polar surface area (TPSA) is 104 Å². The second-order valence-electron chi connectivity index (χ2n) is 6.72. The van der Waals surface area contributed by atoms with Crippen LogP contribution in [0.1, 0.15) is 18.5 Å². The molecule has 0 bridgehead atoms. The first kappa shape index (κ1) is 22.2. The fourth-order valence-corrected chi connectivity index (χ4v) is 3.07. The quantitative estimate of drug-likeness (QED) is 0.245. The van der Waals surface area contributed by atoms with E-state index in [9.17, 15) is 9.90 Å². The van der Waals surface area contributed by atoms with Crippen LogP contribution in [0.15, 0.2) is 72.0 Å². The van der Waals surface area contributed by atoms with E-state index in [1.54, 1.807) is 18.3 Å². The molecule has 0 aliphatic heterocycles. The molecule has 0 aliphatic rings. The Kier molecular flexibility index (Phi) is 7.89. The Morgan fingerprint density at radius 1 is 1.16 bits per heavy atom. The number of carbonyl (C=O) groups excluding carboxylic acids is 1. The van der Waals surface area contributed by atoms with Crippen LogP contribution in [-0.4, -0.2) is 46.4 Å². The number of hydrogen-bond acceptors (Lipinski definition) is 4. The molecule has 0 fully saturated rings. The first-order valence-electron chi connectivity index (χ1n) is 9.91. The molecule has 0 saturated carbocycles. The van der Waals surface area contributed by atoms with E-state index in [4.69, 9.17) is 11.6 Å². The molecule has 0 radical (unpaired) electrons. The molecule has 2 aromatic carbocycles. The van der Waals surface area contributed by atoms with Crippen molar-refractivity contribution in [2.45, 2.75) is 13.0 Å². The van der Waals surface area contributed by atoms with Gasteiger partial charge in [-0.3, -0.25) is 9.48 Å². The summed E-state index contributed by atoms with van der Waals surface area (Å²) in [7, 11) is 0. The molecule has 3 aromatic rings. The molecule has 1 heterocycles. The minimum atomic E-state index is -0.260. The van der Waals surface area contributed by atoms with E-state index in [0.29, 0.717) is 29.8 Å². The number of aromatic nitrogens is 2. The van der Waals surface area contributed by atoms with Crippen LogP contribution in [0.3, 0.4) is 0 Å². The fraction of sp³-hybridized carbons (Fsp3) is 0.227. The SMILES string of the molecule is CCNC(=NCC(=O)Nc1ccc(O)cc1)NCC(c1ccc(Cl)cc1)n1cccn1. The van der Waals surface area contributed by atoms with Crippen LogP contribution in [0.25, 0.3) is 0 Å². The van der Waals surface area contributed by atoms with Crippen LogP contribution in [0.5, 0.6) is 5.75 Å². The number of rotatable bonds is 8. The van der Waals surface area contributed by atoms with Crippen molar-refractivity contribution in [1.29, 1.82) is 0 Å². The summed E-state index contributed by atoms with van der Waals surface area (Å²) in [5.41, 5.74) is 1.64. The lowest BCUT2D eigenvalue weighted by atomic mass is 10.1. The number of guanidine groups is 1. The highest BCUT2D eigenvalue weighted by atomic mass is 35.5. The Morgan fingerprint density at radius 2 is 1.90 bits per heavy atom. The van der Waals surface area contributed by atoms with Gasteiger partial charge >= 0.3 is 0 Å². The summed E-state index contributed by atoms with van der Waals surface area (Å²) >= 11 is 6.03. The van der Waals surface area contributed by atoms with E-state index in [0.717, 1.165) is 5.56 Å². The van der Waals surface area contributed by atoms with Gasteiger partial charge in [-0.15, -0.1) is 0 Å². The molecule has 8 nitrogen and oxygen atoms in total. The van der Waals surface area contributed by atoms with Gasteiger partial charge in [0.05, 0.1) is 6.04 Å². The number of carbonyl (C=O) groups is 1. The fourth-order valence-electron chi connectivity index (χ4n) is 2.95. The lowest BCUT2D eigenvalue weighted by molar-refractivity contribution is -0.114. The minimum absolute atomic E-state index is 0.0520. The van der Waals surface area contributed by atoms with Gasteiger partial charge in [0.1, 0.15) is 12.3 Å². The molecule has 162 valence electrons. The Labute approximate surface area is 186 Å². The standard InChI is InChI=1S/C22H25ClN6O2/c1-2-24-22(26-15-21(31)28-18-8-10-19(30)11-9-18)25-14-20(29-13-3-12-27-29)16-4-6-17(23)7-5-16/h3-13,20,30H,2,14-15H2,1H3,(H,28,31)(H2,24,25,26). The molecule has 1 amide bonds. The Hall–Kier alpha value is -3.52. The van der Waals surface area contributed by atoms with Crippen LogP contribution in [-0.2, 0) is 4.79 Å². The van der Waals surface area contributed by atoms with Crippen LogP contribution < -0.4 is 16.0 Å². The van der Waals surface area contributed by atoms with Gasteiger partial charge in [-0.2, -0.15) is 5.10 Å². The number of nitrogens with zero attached hydrogens (tertiary/aromatic N) is 3. The maximum absolute atomic E-state index is 12.2. The van der Waals surface area contributed by atoms with Gasteiger partial charge < -0.3 is 21.1 Å². The van der Waals surface area contributed by atoms with E-state index < -0.39 is 0 Å². The zero-order valence-corrected chi connectivity index (χ0v) is 17.9. The molecule has 1 aromatic heterocycles. The van der Waals surface area contributed by atoms with Gasteiger partial charge in [-0.05, 0) is 55.0 Å². The zero-order chi connectivity index (χ0) is 22.1. The van der Waals surface area contributed by atoms with Crippen LogP contribution in [0.4, 0.5) is 5.69 Å². The number of phenolic OH excluding ortho intramolecular Hbond substituents is 1. The van der Waals surface area contributed by atoms with Crippen molar-refractivity contribution in [3.05, 3.63) is 77.6 Å². The second kappa shape index (κ2) is 11.0. The molecular formula is C22H25ClN6O2. The van der Waals surface area contributed by atoms with Crippen LogP contribution >= 0.6 is 11.6 Å². The molecule has 31 heavy (non-hydrogen) atoms. The Balaban J connectivity index is 1.65. The highest BCUT2D eigenvalue weighted by Gasteiger charge is 2.15. The van der Waals surface area contributed by atoms with Crippen molar-refractivity contribution in [2.75, 3.05) is 25.0 Å². The van der Waals surface area contributed by atoms with Crippen molar-refractivity contribution in [3.8, 4) is 5.75 Å². The smallest absolute Gasteiger partial charge is 0.246 e. The number of phenols is 1. The first-order valence-corrected chi connectivity index (χ1v) is 10.3. The summed E-state index contributed by atoms with van der Waals surface area (Å²) in [6.07, 6.45) is 3.63. The van der Waals surface area contributed by atoms with Gasteiger partial charge in [0.15, 0.2) is 5.96 Å². The third-order valence-electron chi connectivity index (χ3n) is 4.44. The van der Waals surface area contributed by atoms with Crippen molar-refractivity contribution >= 4 is 29.2 Å². The van der Waals surface area contributed by atoms with Crippen molar-refractivity contribution in [1.82, 2.24) is 20.4 Å². The lowest BCUT2D eigenvalue weighted by Gasteiger charge is -2.20. The summed E-state index contributed by atoms with van der Waals surface area (Å²) < 4.78 is 1.86. The van der Waals surface area contributed by atoms with E-state index in [1.807, 2.05) is 48.1 Å². The second-order valence-corrected chi connectivity index (χ2v) is 7.16. The van der Waals surface area contributed by atoms with Crippen LogP contribution in [0.2, 0.25) is 5.02 Å². The maximum atomic E-state index is 12.2. The van der Waals surface area contributed by atoms with Gasteiger partial charge in [-0.25, -0.2) is 4.99 Å². The maximum Gasteiger partial charge on any atom is 0.246 e. The third kappa shape index (κ3) is 6.75. The number of hydrogen-bond donors (Lipinski definition) is 4. The number of benzene rings is 2. The molecule has 0 saturated heterocycles. The number of aromatic hydroxyl groups is 1. The minimum Gasteiger partial charge on any atom is -0.508 e. The van der Waals surface area contributed by atoms with E-state index in [2.05, 4.69) is 26.0 Å². The largest absolute Gasteiger partial charge is 0.508 e. The highest BCUT2D eigenvalue weighted by molar-refractivity contribution is 6.30. The average Bonchev–Trinajstić information content (AvgIpc) is 3.29. The first-order chi connectivity index (χ1) is 15.0. The molecule has 4 N–H and O–H groups in total. The van der Waals surface area contributed by atoms with Crippen molar-refractivity contribution in [3.63, 3.8) is 0 Å². The summed E-state index contributed by atoms with van der Waals surface area (Å²) in [6.45, 7) is 3.06. The number of amides is 1. The summed E-state index contributed by atoms with van der Waals surface area (Å²) in [5, 5.41) is 23.5. The van der Waals surface area contributed by atoms with E-state index in [1.165, 1.54) is 12.1 Å². The van der Waals surface area contributed by atoms with E-state index in [-0.39, 0.29) is 24.2 Å². The molecule has 9 heteroatoms. The predicted octanol–water partition coefficient (Wildman–Crippen LogP) is 3.03. The zero-order valence-electron chi connectivity index (χ0n) is 17.1. The monoisotopic (exact) mass is 440 g/mol. The number of aliphatic imine (C=N–C) groups is 1. The number of nitrogens with one attached hydrogen (secondary N) is 3. The molecule has 0 spiro atoms. The predicted molar refractivity (Wildman–Crippen MR) is 123 cm³/mol. The van der Waals surface area contributed by atoms with Crippen LogP contribution in [0, 0.1) is 0 Å². The Morgan fingerprint density at radius 3 is 2.55 bits per heavy atom. The van der Waals surface area contributed by atoms with Crippen molar-refractivity contribution < 1.29 is 9.90 Å². The summed E-state index contributed by atoms with van der Waals surface area (Å²) in [6, 6.07) is 15.7. The lowest BCUT2D eigenvalue weighted by Crippen LogP contribution is -2.41. The molecular weight excluding hydrogens is 416 g/mol. The van der Waals surface area contributed by atoms with Gasteiger partial charge in [0.25, 0.3) is 0 Å².